The van der Waals surface area contributed by atoms with Crippen molar-refractivity contribution in [1.29, 1.82) is 0 Å². The summed E-state index contributed by atoms with van der Waals surface area (Å²) in [5.41, 5.74) is 2.16. The lowest BCUT2D eigenvalue weighted by Gasteiger charge is -2.32. The van der Waals surface area contributed by atoms with Crippen LogP contribution in [0.5, 0.6) is 0 Å². The quantitative estimate of drug-likeness (QED) is 0.481. The van der Waals surface area contributed by atoms with Crippen LogP contribution in [-0.2, 0) is 11.3 Å². The van der Waals surface area contributed by atoms with Crippen molar-refractivity contribution in [3.8, 4) is 0 Å². The normalized spacial score (nSPS) is 19.9. The Hall–Kier alpha value is -3.24. The van der Waals surface area contributed by atoms with Gasteiger partial charge < -0.3 is 9.64 Å². The van der Waals surface area contributed by atoms with Crippen LogP contribution >= 0.6 is 0 Å². The molecule has 4 aromatic rings. The molecule has 164 valence electrons. The van der Waals surface area contributed by atoms with Gasteiger partial charge in [-0.1, -0.05) is 11.3 Å². The number of hydrogen-bond donors (Lipinski definition) is 0. The minimum Gasteiger partial charge on any atom is -0.379 e. The van der Waals surface area contributed by atoms with Gasteiger partial charge in [0, 0.05) is 55.4 Å². The molecule has 32 heavy (non-hydrogen) atoms. The van der Waals surface area contributed by atoms with Crippen molar-refractivity contribution in [3.63, 3.8) is 0 Å². The molecule has 1 aromatic carbocycles. The van der Waals surface area contributed by atoms with E-state index >= 15 is 0 Å². The van der Waals surface area contributed by atoms with Gasteiger partial charge in [0.25, 0.3) is 0 Å². The molecule has 5 heterocycles. The highest BCUT2D eigenvalue weighted by Crippen LogP contribution is 2.24. The van der Waals surface area contributed by atoms with E-state index < -0.39 is 0 Å². The van der Waals surface area contributed by atoms with Crippen molar-refractivity contribution in [2.24, 2.45) is 0 Å². The van der Waals surface area contributed by atoms with Crippen LogP contribution in [0.3, 0.4) is 0 Å². The third-order valence-corrected chi connectivity index (χ3v) is 6.36. The molecule has 1 atom stereocenters. The van der Waals surface area contributed by atoms with Crippen molar-refractivity contribution in [3.05, 3.63) is 48.0 Å². The molecule has 0 bridgehead atoms. The number of aromatic nitrogens is 6. The summed E-state index contributed by atoms with van der Waals surface area (Å²) in [6.07, 6.45) is 4.50. The van der Waals surface area contributed by atoms with Crippen LogP contribution in [0.15, 0.2) is 36.7 Å². The Morgan fingerprint density at radius 3 is 2.94 bits per heavy atom. The predicted octanol–water partition coefficient (Wildman–Crippen LogP) is 1.87. The molecule has 9 nitrogen and oxygen atoms in total. The van der Waals surface area contributed by atoms with E-state index in [1.54, 1.807) is 23.1 Å². The summed E-state index contributed by atoms with van der Waals surface area (Å²) in [5, 5.41) is 9.19. The maximum absolute atomic E-state index is 14.7. The molecular formula is C22H23FN8O. The number of nitrogens with zero attached hydrogens (tertiary/aromatic N) is 8. The maximum atomic E-state index is 14.7. The van der Waals surface area contributed by atoms with Crippen LogP contribution < -0.4 is 4.90 Å². The van der Waals surface area contributed by atoms with Gasteiger partial charge >= 0.3 is 0 Å². The molecule has 0 radical (unpaired) electrons. The molecule has 0 amide bonds. The Bertz CT molecular complexity index is 1270. The second-order valence-electron chi connectivity index (χ2n) is 8.30. The second-order valence-corrected chi connectivity index (χ2v) is 8.30. The number of morpholine rings is 1. The Kier molecular flexibility index (Phi) is 4.88. The minimum absolute atomic E-state index is 0.224. The minimum atomic E-state index is -0.322. The van der Waals surface area contributed by atoms with Gasteiger partial charge in [-0.2, -0.15) is 0 Å². The Balaban J connectivity index is 1.26. The molecule has 6 rings (SSSR count). The standard InChI is InChI=1S/C22H23FN8O/c23-18-11-19-15(2-1-4-24-19)10-16(18)13-31-22-21(27-28-31)25-12-20(26-22)30-5-3-17(14-30)29-6-8-32-9-7-29/h1-2,4,10-12,17H,3,5-9,13-14H2/t17-/m1/s1. The highest BCUT2D eigenvalue weighted by Gasteiger charge is 2.30. The molecule has 2 aliphatic rings. The van der Waals surface area contributed by atoms with Crippen molar-refractivity contribution in [2.45, 2.75) is 19.0 Å². The third kappa shape index (κ3) is 3.55. The summed E-state index contributed by atoms with van der Waals surface area (Å²) in [7, 11) is 0. The number of halogens is 1. The molecule has 3 aromatic heterocycles. The van der Waals surface area contributed by atoms with E-state index in [4.69, 9.17) is 9.72 Å². The highest BCUT2D eigenvalue weighted by atomic mass is 19.1. The van der Waals surface area contributed by atoms with Gasteiger partial charge in [0.15, 0.2) is 5.65 Å². The zero-order valence-electron chi connectivity index (χ0n) is 17.6. The zero-order valence-corrected chi connectivity index (χ0v) is 17.6. The van der Waals surface area contributed by atoms with Gasteiger partial charge in [-0.3, -0.25) is 9.88 Å². The van der Waals surface area contributed by atoms with E-state index in [-0.39, 0.29) is 12.4 Å². The summed E-state index contributed by atoms with van der Waals surface area (Å²) in [4.78, 5) is 18.2. The van der Waals surface area contributed by atoms with Crippen LogP contribution in [0.2, 0.25) is 0 Å². The molecule has 2 aliphatic heterocycles. The SMILES string of the molecule is Fc1cc2ncccc2cc1Cn1nnc2ncc(N3CC[C@@H](N4CCOCC4)C3)nc21. The van der Waals surface area contributed by atoms with E-state index in [1.165, 1.54) is 6.07 Å². The lowest BCUT2D eigenvalue weighted by atomic mass is 10.1. The van der Waals surface area contributed by atoms with Gasteiger partial charge in [-0.25, -0.2) is 19.0 Å². The van der Waals surface area contributed by atoms with Gasteiger partial charge in [0.05, 0.1) is 31.5 Å². The van der Waals surface area contributed by atoms with E-state index in [1.807, 2.05) is 12.1 Å². The van der Waals surface area contributed by atoms with Crippen LogP contribution in [-0.4, -0.2) is 80.3 Å². The molecule has 0 spiro atoms. The number of benzene rings is 1. The van der Waals surface area contributed by atoms with Gasteiger partial charge in [0.2, 0.25) is 5.65 Å². The van der Waals surface area contributed by atoms with Gasteiger partial charge in [-0.05, 0) is 18.6 Å². The highest BCUT2D eigenvalue weighted by molar-refractivity contribution is 5.79. The first-order chi connectivity index (χ1) is 15.7. The summed E-state index contributed by atoms with van der Waals surface area (Å²) in [5.74, 6) is 0.483. The lowest BCUT2D eigenvalue weighted by molar-refractivity contribution is 0.0209. The number of pyridine rings is 1. The fourth-order valence-corrected chi connectivity index (χ4v) is 4.62. The van der Waals surface area contributed by atoms with Crippen molar-refractivity contribution in [2.75, 3.05) is 44.3 Å². The van der Waals surface area contributed by atoms with Crippen molar-refractivity contribution in [1.82, 2.24) is 34.8 Å². The second kappa shape index (κ2) is 8.03. The number of hydrogen-bond acceptors (Lipinski definition) is 8. The molecule has 0 saturated carbocycles. The zero-order chi connectivity index (χ0) is 21.5. The first-order valence-electron chi connectivity index (χ1n) is 10.9. The van der Waals surface area contributed by atoms with Crippen molar-refractivity contribution < 1.29 is 9.13 Å². The number of fused-ring (bicyclic) bond motifs is 2. The Morgan fingerprint density at radius 2 is 2.03 bits per heavy atom. The first kappa shape index (κ1) is 19.4. The van der Waals surface area contributed by atoms with Crippen LogP contribution in [0, 0.1) is 5.82 Å². The Labute approximate surface area is 183 Å². The fraction of sp³-hybridized carbons (Fsp3) is 0.409. The molecule has 2 saturated heterocycles. The number of rotatable bonds is 4. The summed E-state index contributed by atoms with van der Waals surface area (Å²) >= 11 is 0. The third-order valence-electron chi connectivity index (χ3n) is 6.36. The lowest BCUT2D eigenvalue weighted by Crippen LogP contribution is -2.44. The molecule has 0 unspecified atom stereocenters. The molecular weight excluding hydrogens is 411 g/mol. The van der Waals surface area contributed by atoms with Crippen molar-refractivity contribution >= 4 is 28.0 Å². The van der Waals surface area contributed by atoms with E-state index in [0.717, 1.165) is 57.0 Å². The number of anilines is 1. The van der Waals surface area contributed by atoms with Gasteiger partial charge in [-0.15, -0.1) is 5.10 Å². The Morgan fingerprint density at radius 1 is 1.12 bits per heavy atom. The summed E-state index contributed by atoms with van der Waals surface area (Å²) in [6, 6.07) is 7.51. The summed E-state index contributed by atoms with van der Waals surface area (Å²) < 4.78 is 21.8. The average molecular weight is 434 g/mol. The molecule has 10 heteroatoms. The molecule has 2 fully saturated rings. The number of ether oxygens (including phenoxy) is 1. The molecule has 0 aliphatic carbocycles. The smallest absolute Gasteiger partial charge is 0.221 e. The van der Waals surface area contributed by atoms with E-state index in [0.29, 0.717) is 28.4 Å². The van der Waals surface area contributed by atoms with Crippen LogP contribution in [0.25, 0.3) is 22.2 Å². The van der Waals surface area contributed by atoms with Crippen LogP contribution in [0.4, 0.5) is 10.2 Å². The first-order valence-corrected chi connectivity index (χ1v) is 10.9. The summed E-state index contributed by atoms with van der Waals surface area (Å²) in [6.45, 7) is 5.62. The fourth-order valence-electron chi connectivity index (χ4n) is 4.62. The largest absolute Gasteiger partial charge is 0.379 e. The average Bonchev–Trinajstić information content (AvgIpc) is 3.48. The predicted molar refractivity (Wildman–Crippen MR) is 117 cm³/mol. The maximum Gasteiger partial charge on any atom is 0.221 e. The van der Waals surface area contributed by atoms with Crippen LogP contribution in [0.1, 0.15) is 12.0 Å². The monoisotopic (exact) mass is 434 g/mol. The topological polar surface area (TPSA) is 85.1 Å². The van der Waals surface area contributed by atoms with E-state index in [9.17, 15) is 4.39 Å². The molecule has 0 N–H and O–H groups in total. The van der Waals surface area contributed by atoms with Gasteiger partial charge in [0.1, 0.15) is 11.6 Å². The van der Waals surface area contributed by atoms with E-state index in [2.05, 4.69) is 30.1 Å².